The standard InChI is InChI=1S/C21H21N3O/c1-16-8-10-17(11-9-16)14-24-21(25)19-6-2-3-7-20(19)23-15-18-5-4-12-22-13-18/h2-13,23H,14-15H2,1H3,(H,24,25). The fraction of sp³-hybridized carbons (Fsp3) is 0.143. The van der Waals surface area contributed by atoms with Crippen molar-refractivity contribution in [2.75, 3.05) is 5.32 Å². The summed E-state index contributed by atoms with van der Waals surface area (Å²) in [5.74, 6) is -0.0881. The lowest BCUT2D eigenvalue weighted by Crippen LogP contribution is -2.23. The molecule has 0 bridgehead atoms. The van der Waals surface area contributed by atoms with Crippen LogP contribution < -0.4 is 10.6 Å². The largest absolute Gasteiger partial charge is 0.380 e. The van der Waals surface area contributed by atoms with Crippen LogP contribution in [0.1, 0.15) is 27.0 Å². The van der Waals surface area contributed by atoms with Gasteiger partial charge in [0.05, 0.1) is 5.56 Å². The van der Waals surface area contributed by atoms with Crippen molar-refractivity contribution < 1.29 is 4.79 Å². The van der Waals surface area contributed by atoms with Crippen LogP contribution in [0.25, 0.3) is 0 Å². The highest BCUT2D eigenvalue weighted by molar-refractivity contribution is 5.99. The molecule has 4 nitrogen and oxygen atoms in total. The first kappa shape index (κ1) is 16.7. The molecule has 0 atom stereocenters. The average Bonchev–Trinajstić information content (AvgIpc) is 2.67. The van der Waals surface area contributed by atoms with Gasteiger partial charge in [-0.1, -0.05) is 48.0 Å². The molecular formula is C21H21N3O. The number of hydrogen-bond donors (Lipinski definition) is 2. The maximum absolute atomic E-state index is 12.6. The highest BCUT2D eigenvalue weighted by Crippen LogP contribution is 2.16. The summed E-state index contributed by atoms with van der Waals surface area (Å²) in [5.41, 5.74) is 4.81. The van der Waals surface area contributed by atoms with Gasteiger partial charge in [0, 0.05) is 31.2 Å². The summed E-state index contributed by atoms with van der Waals surface area (Å²) in [7, 11) is 0. The lowest BCUT2D eigenvalue weighted by Gasteiger charge is -2.12. The Kier molecular flexibility index (Phi) is 5.42. The van der Waals surface area contributed by atoms with Gasteiger partial charge < -0.3 is 10.6 Å². The Morgan fingerprint density at radius 3 is 2.48 bits per heavy atom. The van der Waals surface area contributed by atoms with Crippen LogP contribution in [0, 0.1) is 6.92 Å². The fourth-order valence-corrected chi connectivity index (χ4v) is 2.52. The molecular weight excluding hydrogens is 310 g/mol. The summed E-state index contributed by atoms with van der Waals surface area (Å²) in [5, 5.41) is 6.30. The van der Waals surface area contributed by atoms with E-state index >= 15 is 0 Å². The molecule has 25 heavy (non-hydrogen) atoms. The Bertz CT molecular complexity index is 829. The number of nitrogens with one attached hydrogen (secondary N) is 2. The van der Waals surface area contributed by atoms with Gasteiger partial charge in [-0.05, 0) is 36.2 Å². The third-order valence-electron chi connectivity index (χ3n) is 3.95. The van der Waals surface area contributed by atoms with E-state index in [1.807, 2.05) is 73.8 Å². The molecule has 0 saturated heterocycles. The van der Waals surface area contributed by atoms with Crippen LogP contribution in [0.3, 0.4) is 0 Å². The Hall–Kier alpha value is -3.14. The van der Waals surface area contributed by atoms with Crippen LogP contribution in [-0.4, -0.2) is 10.9 Å². The number of carbonyl (C=O) groups excluding carboxylic acids is 1. The van der Waals surface area contributed by atoms with Crippen molar-refractivity contribution in [2.45, 2.75) is 20.0 Å². The Labute approximate surface area is 147 Å². The second-order valence-corrected chi connectivity index (χ2v) is 5.93. The fourth-order valence-electron chi connectivity index (χ4n) is 2.52. The van der Waals surface area contributed by atoms with Gasteiger partial charge in [-0.3, -0.25) is 9.78 Å². The monoisotopic (exact) mass is 331 g/mol. The number of pyridine rings is 1. The maximum Gasteiger partial charge on any atom is 0.253 e. The van der Waals surface area contributed by atoms with Gasteiger partial charge in [0.1, 0.15) is 0 Å². The van der Waals surface area contributed by atoms with Crippen molar-refractivity contribution in [3.05, 3.63) is 95.3 Å². The van der Waals surface area contributed by atoms with Crippen LogP contribution >= 0.6 is 0 Å². The zero-order valence-electron chi connectivity index (χ0n) is 14.2. The molecule has 1 heterocycles. The summed E-state index contributed by atoms with van der Waals surface area (Å²) < 4.78 is 0. The molecule has 0 fully saturated rings. The van der Waals surface area contributed by atoms with Crippen molar-refractivity contribution in [1.82, 2.24) is 10.3 Å². The smallest absolute Gasteiger partial charge is 0.253 e. The van der Waals surface area contributed by atoms with Crippen LogP contribution in [-0.2, 0) is 13.1 Å². The number of nitrogens with zero attached hydrogens (tertiary/aromatic N) is 1. The van der Waals surface area contributed by atoms with E-state index in [9.17, 15) is 4.79 Å². The Balaban J connectivity index is 1.64. The predicted octanol–water partition coefficient (Wildman–Crippen LogP) is 3.93. The summed E-state index contributed by atoms with van der Waals surface area (Å²) in [6, 6.07) is 19.6. The molecule has 4 heteroatoms. The Morgan fingerprint density at radius 2 is 1.72 bits per heavy atom. The van der Waals surface area contributed by atoms with Gasteiger partial charge in [0.15, 0.2) is 0 Å². The molecule has 1 amide bonds. The number of rotatable bonds is 6. The highest BCUT2D eigenvalue weighted by Gasteiger charge is 2.10. The van der Waals surface area contributed by atoms with E-state index in [4.69, 9.17) is 0 Å². The van der Waals surface area contributed by atoms with E-state index in [1.165, 1.54) is 5.56 Å². The van der Waals surface area contributed by atoms with Gasteiger partial charge in [-0.25, -0.2) is 0 Å². The highest BCUT2D eigenvalue weighted by atomic mass is 16.1. The minimum Gasteiger partial charge on any atom is -0.380 e. The van der Waals surface area contributed by atoms with Crippen LogP contribution in [0.2, 0.25) is 0 Å². The first-order valence-electron chi connectivity index (χ1n) is 8.28. The number of anilines is 1. The second kappa shape index (κ2) is 8.11. The van der Waals surface area contributed by atoms with Crippen LogP contribution in [0.4, 0.5) is 5.69 Å². The molecule has 0 aliphatic rings. The van der Waals surface area contributed by atoms with E-state index in [-0.39, 0.29) is 5.91 Å². The van der Waals surface area contributed by atoms with Crippen molar-refractivity contribution in [3.63, 3.8) is 0 Å². The summed E-state index contributed by atoms with van der Waals surface area (Å²) in [4.78, 5) is 16.7. The molecule has 3 aromatic rings. The number of aryl methyl sites for hydroxylation is 1. The number of amides is 1. The minimum absolute atomic E-state index is 0.0881. The third-order valence-corrected chi connectivity index (χ3v) is 3.95. The van der Waals surface area contributed by atoms with E-state index in [2.05, 4.69) is 15.6 Å². The lowest BCUT2D eigenvalue weighted by molar-refractivity contribution is 0.0951. The summed E-state index contributed by atoms with van der Waals surface area (Å²) in [6.07, 6.45) is 3.56. The van der Waals surface area contributed by atoms with Crippen molar-refractivity contribution in [2.24, 2.45) is 0 Å². The quantitative estimate of drug-likeness (QED) is 0.719. The van der Waals surface area contributed by atoms with Gasteiger partial charge in [-0.15, -0.1) is 0 Å². The SMILES string of the molecule is Cc1ccc(CNC(=O)c2ccccc2NCc2cccnc2)cc1. The first-order chi connectivity index (χ1) is 12.2. The number of hydrogen-bond acceptors (Lipinski definition) is 3. The number of carbonyl (C=O) groups is 1. The van der Waals surface area contributed by atoms with Crippen molar-refractivity contribution in [3.8, 4) is 0 Å². The van der Waals surface area contributed by atoms with Crippen molar-refractivity contribution >= 4 is 11.6 Å². The zero-order valence-corrected chi connectivity index (χ0v) is 14.2. The number of aromatic nitrogens is 1. The molecule has 0 unspecified atom stereocenters. The number of para-hydroxylation sites is 1. The topological polar surface area (TPSA) is 54.0 Å². The molecule has 0 aliphatic carbocycles. The van der Waals surface area contributed by atoms with Crippen LogP contribution in [0.5, 0.6) is 0 Å². The molecule has 0 radical (unpaired) electrons. The zero-order chi connectivity index (χ0) is 17.5. The summed E-state index contributed by atoms with van der Waals surface area (Å²) in [6.45, 7) is 3.18. The van der Waals surface area contributed by atoms with Crippen LogP contribution in [0.15, 0.2) is 73.1 Å². The number of benzene rings is 2. The van der Waals surface area contributed by atoms with E-state index < -0.39 is 0 Å². The molecule has 2 aromatic carbocycles. The molecule has 126 valence electrons. The molecule has 2 N–H and O–H groups in total. The van der Waals surface area contributed by atoms with Crippen molar-refractivity contribution in [1.29, 1.82) is 0 Å². The molecule has 1 aromatic heterocycles. The van der Waals surface area contributed by atoms with Gasteiger partial charge in [0.25, 0.3) is 5.91 Å². The van der Waals surface area contributed by atoms with E-state index in [0.29, 0.717) is 18.7 Å². The first-order valence-corrected chi connectivity index (χ1v) is 8.28. The maximum atomic E-state index is 12.6. The van der Waals surface area contributed by atoms with E-state index in [1.54, 1.807) is 6.20 Å². The normalized spacial score (nSPS) is 10.3. The average molecular weight is 331 g/mol. The molecule has 0 saturated carbocycles. The van der Waals surface area contributed by atoms with Gasteiger partial charge >= 0.3 is 0 Å². The third kappa shape index (κ3) is 4.67. The lowest BCUT2D eigenvalue weighted by atomic mass is 10.1. The van der Waals surface area contributed by atoms with Gasteiger partial charge in [0.2, 0.25) is 0 Å². The summed E-state index contributed by atoms with van der Waals surface area (Å²) >= 11 is 0. The molecule has 0 aliphatic heterocycles. The molecule has 3 rings (SSSR count). The predicted molar refractivity (Wildman–Crippen MR) is 100 cm³/mol. The van der Waals surface area contributed by atoms with E-state index in [0.717, 1.165) is 16.8 Å². The second-order valence-electron chi connectivity index (χ2n) is 5.93. The molecule has 0 spiro atoms. The Morgan fingerprint density at radius 1 is 0.920 bits per heavy atom. The minimum atomic E-state index is -0.0881. The van der Waals surface area contributed by atoms with Gasteiger partial charge in [-0.2, -0.15) is 0 Å².